The van der Waals surface area contributed by atoms with E-state index in [1.54, 1.807) is 0 Å². The predicted octanol–water partition coefficient (Wildman–Crippen LogP) is 3.50. The van der Waals surface area contributed by atoms with Gasteiger partial charge in [-0.1, -0.05) is 33.3 Å². The SMILES string of the molecule is C=C[C@H]1CCN(C)[C@H]1C(=O)O[C@H]1C[C@@H](C)CC[C@@H]1C(C)C. The van der Waals surface area contributed by atoms with Crippen LogP contribution in [0.25, 0.3) is 0 Å². The van der Waals surface area contributed by atoms with Crippen LogP contribution in [0, 0.1) is 23.7 Å². The van der Waals surface area contributed by atoms with Gasteiger partial charge in [0.1, 0.15) is 12.1 Å². The summed E-state index contributed by atoms with van der Waals surface area (Å²) in [6, 6.07) is -0.132. The molecule has 0 amide bonds. The second-order valence-electron chi connectivity index (χ2n) is 7.42. The molecule has 2 aliphatic rings. The van der Waals surface area contributed by atoms with Crippen LogP contribution in [0.2, 0.25) is 0 Å². The Kier molecular flexibility index (Phi) is 5.48. The summed E-state index contributed by atoms with van der Waals surface area (Å²) in [6.07, 6.45) is 6.48. The number of rotatable bonds is 4. The fourth-order valence-electron chi connectivity index (χ4n) is 4.05. The summed E-state index contributed by atoms with van der Waals surface area (Å²) in [5.74, 6) is 1.95. The summed E-state index contributed by atoms with van der Waals surface area (Å²) in [5, 5.41) is 0. The second-order valence-corrected chi connectivity index (χ2v) is 7.42. The third kappa shape index (κ3) is 3.68. The largest absolute Gasteiger partial charge is 0.461 e. The Labute approximate surface area is 129 Å². The molecule has 120 valence electrons. The van der Waals surface area contributed by atoms with Crippen LogP contribution in [0.4, 0.5) is 0 Å². The van der Waals surface area contributed by atoms with Gasteiger partial charge >= 0.3 is 5.97 Å². The van der Waals surface area contributed by atoms with Gasteiger partial charge in [-0.25, -0.2) is 0 Å². The van der Waals surface area contributed by atoms with E-state index in [0.717, 1.165) is 19.4 Å². The number of ether oxygens (including phenoxy) is 1. The number of hydrogen-bond acceptors (Lipinski definition) is 3. The molecule has 0 bridgehead atoms. The highest BCUT2D eigenvalue weighted by Crippen LogP contribution is 2.36. The molecule has 0 aromatic heterocycles. The van der Waals surface area contributed by atoms with E-state index in [-0.39, 0.29) is 24.0 Å². The molecule has 0 radical (unpaired) electrons. The number of carbonyl (C=O) groups is 1. The van der Waals surface area contributed by atoms with Crippen molar-refractivity contribution in [3.63, 3.8) is 0 Å². The summed E-state index contributed by atoms with van der Waals surface area (Å²) in [5.41, 5.74) is 0. The molecule has 1 saturated heterocycles. The summed E-state index contributed by atoms with van der Waals surface area (Å²) >= 11 is 0. The molecule has 0 unspecified atom stereocenters. The van der Waals surface area contributed by atoms with Gasteiger partial charge < -0.3 is 4.74 Å². The molecule has 0 spiro atoms. The lowest BCUT2D eigenvalue weighted by Gasteiger charge is -2.37. The molecule has 3 nitrogen and oxygen atoms in total. The third-order valence-corrected chi connectivity index (χ3v) is 5.47. The number of carbonyl (C=O) groups excluding carboxylic acids is 1. The Morgan fingerprint density at radius 2 is 2.05 bits per heavy atom. The summed E-state index contributed by atoms with van der Waals surface area (Å²) < 4.78 is 5.99. The van der Waals surface area contributed by atoms with Crippen LogP contribution in [0.1, 0.15) is 46.5 Å². The molecule has 1 aliphatic heterocycles. The lowest BCUT2D eigenvalue weighted by atomic mass is 9.75. The molecule has 1 heterocycles. The number of likely N-dealkylation sites (tertiary alicyclic amines) is 1. The minimum Gasteiger partial charge on any atom is -0.461 e. The highest BCUT2D eigenvalue weighted by molar-refractivity contribution is 5.77. The van der Waals surface area contributed by atoms with Gasteiger partial charge in [0.25, 0.3) is 0 Å². The molecule has 0 aromatic rings. The van der Waals surface area contributed by atoms with Crippen LogP contribution in [0.15, 0.2) is 12.7 Å². The molecule has 21 heavy (non-hydrogen) atoms. The van der Waals surface area contributed by atoms with E-state index >= 15 is 0 Å². The van der Waals surface area contributed by atoms with Gasteiger partial charge in [-0.15, -0.1) is 6.58 Å². The van der Waals surface area contributed by atoms with Crippen molar-refractivity contribution in [3.8, 4) is 0 Å². The first kappa shape index (κ1) is 16.5. The quantitative estimate of drug-likeness (QED) is 0.587. The monoisotopic (exact) mass is 293 g/mol. The van der Waals surface area contributed by atoms with Gasteiger partial charge in [-0.2, -0.15) is 0 Å². The Hall–Kier alpha value is -0.830. The van der Waals surface area contributed by atoms with Crippen molar-refractivity contribution >= 4 is 5.97 Å². The molecular formula is C18H31NO2. The van der Waals surface area contributed by atoms with E-state index in [2.05, 4.69) is 32.3 Å². The predicted molar refractivity (Wildman–Crippen MR) is 85.9 cm³/mol. The first-order valence-corrected chi connectivity index (χ1v) is 8.47. The zero-order chi connectivity index (χ0) is 15.6. The summed E-state index contributed by atoms with van der Waals surface area (Å²) in [6.45, 7) is 11.6. The van der Waals surface area contributed by atoms with Crippen molar-refractivity contribution in [1.82, 2.24) is 4.90 Å². The fraction of sp³-hybridized carbons (Fsp3) is 0.833. The molecular weight excluding hydrogens is 262 g/mol. The van der Waals surface area contributed by atoms with E-state index in [4.69, 9.17) is 4.74 Å². The lowest BCUT2D eigenvalue weighted by Crippen LogP contribution is -2.43. The van der Waals surface area contributed by atoms with Crippen molar-refractivity contribution in [2.24, 2.45) is 23.7 Å². The second kappa shape index (κ2) is 6.95. The third-order valence-electron chi connectivity index (χ3n) is 5.47. The van der Waals surface area contributed by atoms with Crippen molar-refractivity contribution in [3.05, 3.63) is 12.7 Å². The number of esters is 1. The van der Waals surface area contributed by atoms with Crippen molar-refractivity contribution in [2.75, 3.05) is 13.6 Å². The Bertz CT molecular complexity index is 379. The highest BCUT2D eigenvalue weighted by atomic mass is 16.5. The maximum Gasteiger partial charge on any atom is 0.324 e. The van der Waals surface area contributed by atoms with Gasteiger partial charge in [-0.3, -0.25) is 9.69 Å². The maximum atomic E-state index is 12.7. The summed E-state index contributed by atoms with van der Waals surface area (Å²) in [4.78, 5) is 14.8. The molecule has 3 heteroatoms. The standard InChI is InChI=1S/C18H31NO2/c1-6-14-9-10-19(5)17(14)18(20)21-16-11-13(4)7-8-15(16)12(2)3/h6,12-17H,1,7-11H2,2-5H3/t13-,14-,15+,16-,17+/m0/s1. The summed E-state index contributed by atoms with van der Waals surface area (Å²) in [7, 11) is 2.01. The minimum absolute atomic E-state index is 0.0374. The van der Waals surface area contributed by atoms with Crippen molar-refractivity contribution in [2.45, 2.75) is 58.6 Å². The van der Waals surface area contributed by atoms with E-state index in [0.29, 0.717) is 17.8 Å². The molecule has 1 aliphatic carbocycles. The van der Waals surface area contributed by atoms with E-state index in [1.807, 2.05) is 13.1 Å². The number of nitrogens with zero attached hydrogens (tertiary/aromatic N) is 1. The topological polar surface area (TPSA) is 29.5 Å². The van der Waals surface area contributed by atoms with Crippen LogP contribution in [-0.2, 0) is 9.53 Å². The smallest absolute Gasteiger partial charge is 0.324 e. The Morgan fingerprint density at radius 3 is 2.67 bits per heavy atom. The van der Waals surface area contributed by atoms with Gasteiger partial charge in [0.2, 0.25) is 0 Å². The van der Waals surface area contributed by atoms with E-state index in [9.17, 15) is 4.79 Å². The number of likely N-dealkylation sites (N-methyl/N-ethyl adjacent to an activating group) is 1. The van der Waals surface area contributed by atoms with Gasteiger partial charge in [-0.05, 0) is 50.6 Å². The number of hydrogen-bond donors (Lipinski definition) is 0. The van der Waals surface area contributed by atoms with E-state index in [1.165, 1.54) is 12.8 Å². The zero-order valence-electron chi connectivity index (χ0n) is 14.0. The van der Waals surface area contributed by atoms with Gasteiger partial charge in [0.15, 0.2) is 0 Å². The van der Waals surface area contributed by atoms with Crippen LogP contribution in [0.3, 0.4) is 0 Å². The van der Waals surface area contributed by atoms with Crippen LogP contribution in [-0.4, -0.2) is 36.6 Å². The minimum atomic E-state index is -0.132. The van der Waals surface area contributed by atoms with Crippen molar-refractivity contribution < 1.29 is 9.53 Å². The first-order valence-electron chi connectivity index (χ1n) is 8.47. The van der Waals surface area contributed by atoms with Gasteiger partial charge in [0.05, 0.1) is 0 Å². The Morgan fingerprint density at radius 1 is 1.33 bits per heavy atom. The normalized spacial score (nSPS) is 37.7. The molecule has 0 aromatic carbocycles. The lowest BCUT2D eigenvalue weighted by molar-refractivity contribution is -0.161. The van der Waals surface area contributed by atoms with Gasteiger partial charge in [0, 0.05) is 5.92 Å². The Balaban J connectivity index is 2.04. The van der Waals surface area contributed by atoms with Crippen LogP contribution in [0.5, 0.6) is 0 Å². The molecule has 0 N–H and O–H groups in total. The molecule has 2 rings (SSSR count). The average molecular weight is 293 g/mol. The molecule has 1 saturated carbocycles. The van der Waals surface area contributed by atoms with Crippen LogP contribution >= 0.6 is 0 Å². The molecule has 2 fully saturated rings. The van der Waals surface area contributed by atoms with E-state index < -0.39 is 0 Å². The van der Waals surface area contributed by atoms with Crippen molar-refractivity contribution in [1.29, 1.82) is 0 Å². The first-order chi connectivity index (χ1) is 9.93. The average Bonchev–Trinajstić information content (AvgIpc) is 2.79. The van der Waals surface area contributed by atoms with Crippen LogP contribution < -0.4 is 0 Å². The maximum absolute atomic E-state index is 12.7. The highest BCUT2D eigenvalue weighted by Gasteiger charge is 2.40. The molecule has 5 atom stereocenters. The fourth-order valence-corrected chi connectivity index (χ4v) is 4.05. The zero-order valence-corrected chi connectivity index (χ0v) is 14.0.